The van der Waals surface area contributed by atoms with E-state index in [1.807, 2.05) is 53.4 Å². The van der Waals surface area contributed by atoms with Gasteiger partial charge in [0.05, 0.1) is 31.0 Å². The lowest BCUT2D eigenvalue weighted by molar-refractivity contribution is 0.0658. The number of methoxy groups -OCH3 is 2. The van der Waals surface area contributed by atoms with Gasteiger partial charge in [-0.05, 0) is 37.3 Å². The third kappa shape index (κ3) is 3.63. The molecule has 2 aromatic carbocycles. The zero-order valence-corrected chi connectivity index (χ0v) is 16.9. The van der Waals surface area contributed by atoms with E-state index >= 15 is 0 Å². The first-order valence-electron chi connectivity index (χ1n) is 9.76. The monoisotopic (exact) mass is 391 g/mol. The Morgan fingerprint density at radius 2 is 1.90 bits per heavy atom. The number of pyridine rings is 1. The topological polar surface area (TPSA) is 63.7 Å². The Kier molecular flexibility index (Phi) is 5.36. The van der Waals surface area contributed by atoms with Crippen LogP contribution in [0.4, 0.5) is 0 Å². The number of nitrogens with one attached hydrogen (secondary N) is 1. The number of aromatic nitrogens is 1. The number of ether oxygens (including phenoxy) is 2. The van der Waals surface area contributed by atoms with Crippen molar-refractivity contribution in [2.45, 2.75) is 13.0 Å². The zero-order valence-electron chi connectivity index (χ0n) is 16.9. The largest absolute Gasteiger partial charge is 0.493 e. The van der Waals surface area contributed by atoms with Crippen LogP contribution in [0.15, 0.2) is 48.5 Å². The van der Waals surface area contributed by atoms with Crippen LogP contribution >= 0.6 is 0 Å². The molecule has 2 heterocycles. The van der Waals surface area contributed by atoms with Crippen molar-refractivity contribution in [2.24, 2.45) is 0 Å². The molecular formula is C23H25N3O3. The summed E-state index contributed by atoms with van der Waals surface area (Å²) in [5.41, 5.74) is 3.08. The summed E-state index contributed by atoms with van der Waals surface area (Å²) in [6.07, 6.45) is 0. The van der Waals surface area contributed by atoms with Crippen LogP contribution in [0, 0.1) is 0 Å². The standard InChI is InChI=1S/C23H25N3O3/c1-15-14-24-10-11-26(15)23(27)18-13-20(25-19-7-5-4-6-17(18)19)16-8-9-21(28-2)22(12-16)29-3/h4-9,12-13,15,24H,10-11,14H2,1-3H3. The van der Waals surface area contributed by atoms with Crippen molar-refractivity contribution in [3.8, 4) is 22.8 Å². The van der Waals surface area contributed by atoms with Gasteiger partial charge in [-0.1, -0.05) is 18.2 Å². The lowest BCUT2D eigenvalue weighted by atomic mass is 10.0. The molecule has 150 valence electrons. The van der Waals surface area contributed by atoms with Crippen LogP contribution in [0.25, 0.3) is 22.2 Å². The summed E-state index contributed by atoms with van der Waals surface area (Å²) in [5, 5.41) is 4.20. The van der Waals surface area contributed by atoms with E-state index in [9.17, 15) is 4.79 Å². The molecule has 1 atom stereocenters. The minimum absolute atomic E-state index is 0.0410. The normalized spacial score (nSPS) is 16.7. The maximum atomic E-state index is 13.5. The van der Waals surface area contributed by atoms with Gasteiger partial charge in [-0.25, -0.2) is 4.98 Å². The van der Waals surface area contributed by atoms with Crippen LogP contribution < -0.4 is 14.8 Å². The third-order valence-corrected chi connectivity index (χ3v) is 5.39. The maximum absolute atomic E-state index is 13.5. The molecule has 0 spiro atoms. The van der Waals surface area contributed by atoms with Crippen molar-refractivity contribution in [1.82, 2.24) is 15.2 Å². The molecule has 1 fully saturated rings. The number of hydrogen-bond acceptors (Lipinski definition) is 5. The summed E-state index contributed by atoms with van der Waals surface area (Å²) in [6.45, 7) is 4.38. The number of nitrogens with zero attached hydrogens (tertiary/aromatic N) is 2. The van der Waals surface area contributed by atoms with E-state index < -0.39 is 0 Å². The molecule has 6 heteroatoms. The highest BCUT2D eigenvalue weighted by Gasteiger charge is 2.26. The van der Waals surface area contributed by atoms with Gasteiger partial charge in [0.15, 0.2) is 11.5 Å². The molecule has 1 saturated heterocycles. The van der Waals surface area contributed by atoms with E-state index in [1.165, 1.54) is 0 Å². The molecule has 0 bridgehead atoms. The van der Waals surface area contributed by atoms with Gasteiger partial charge >= 0.3 is 0 Å². The van der Waals surface area contributed by atoms with Crippen molar-refractivity contribution in [3.63, 3.8) is 0 Å². The maximum Gasteiger partial charge on any atom is 0.254 e. The summed E-state index contributed by atoms with van der Waals surface area (Å²) in [7, 11) is 3.22. The first-order chi connectivity index (χ1) is 14.1. The van der Waals surface area contributed by atoms with Crippen molar-refractivity contribution in [1.29, 1.82) is 0 Å². The number of carbonyl (C=O) groups excluding carboxylic acids is 1. The Morgan fingerprint density at radius 3 is 2.66 bits per heavy atom. The molecule has 0 aliphatic carbocycles. The van der Waals surface area contributed by atoms with Crippen molar-refractivity contribution in [3.05, 3.63) is 54.1 Å². The van der Waals surface area contributed by atoms with Gasteiger partial charge in [0.1, 0.15) is 0 Å². The molecule has 6 nitrogen and oxygen atoms in total. The van der Waals surface area contributed by atoms with Gasteiger partial charge in [-0.15, -0.1) is 0 Å². The Balaban J connectivity index is 1.84. The molecular weight excluding hydrogens is 366 g/mol. The molecule has 1 aromatic heterocycles. The smallest absolute Gasteiger partial charge is 0.254 e. The first kappa shape index (κ1) is 19.2. The highest BCUT2D eigenvalue weighted by molar-refractivity contribution is 6.07. The fraction of sp³-hybridized carbons (Fsp3) is 0.304. The molecule has 1 unspecified atom stereocenters. The molecule has 3 aromatic rings. The molecule has 1 amide bonds. The van der Waals surface area contributed by atoms with Crippen molar-refractivity contribution >= 4 is 16.8 Å². The summed E-state index contributed by atoms with van der Waals surface area (Å²) in [6, 6.07) is 15.5. The number of carbonyl (C=O) groups is 1. The Bertz CT molecular complexity index is 1050. The predicted octanol–water partition coefficient (Wildman–Crippen LogP) is 3.35. The minimum Gasteiger partial charge on any atom is -0.493 e. The summed E-state index contributed by atoms with van der Waals surface area (Å²) in [5.74, 6) is 1.32. The molecule has 4 rings (SSSR count). The lowest BCUT2D eigenvalue weighted by Gasteiger charge is -2.34. The van der Waals surface area contributed by atoms with Crippen LogP contribution in [-0.2, 0) is 0 Å². The van der Waals surface area contributed by atoms with Gasteiger partial charge in [-0.2, -0.15) is 0 Å². The number of para-hydroxylation sites is 1. The average Bonchev–Trinajstić information content (AvgIpc) is 2.77. The minimum atomic E-state index is 0.0410. The fourth-order valence-electron chi connectivity index (χ4n) is 3.79. The first-order valence-corrected chi connectivity index (χ1v) is 9.76. The second-order valence-corrected chi connectivity index (χ2v) is 7.19. The SMILES string of the molecule is COc1ccc(-c2cc(C(=O)N3CCNCC3C)c3ccccc3n2)cc1OC. The summed E-state index contributed by atoms with van der Waals surface area (Å²) in [4.78, 5) is 20.2. The van der Waals surface area contributed by atoms with Gasteiger partial charge in [-0.3, -0.25) is 4.79 Å². The molecule has 1 aliphatic heterocycles. The summed E-state index contributed by atoms with van der Waals surface area (Å²) >= 11 is 0. The second-order valence-electron chi connectivity index (χ2n) is 7.19. The lowest BCUT2D eigenvalue weighted by Crippen LogP contribution is -2.52. The van der Waals surface area contributed by atoms with Crippen LogP contribution in [0.1, 0.15) is 17.3 Å². The van der Waals surface area contributed by atoms with E-state index in [4.69, 9.17) is 14.5 Å². The molecule has 0 saturated carbocycles. The summed E-state index contributed by atoms with van der Waals surface area (Å²) < 4.78 is 10.8. The van der Waals surface area contributed by atoms with Crippen LogP contribution in [-0.4, -0.2) is 55.7 Å². The van der Waals surface area contributed by atoms with Gasteiger partial charge in [0.2, 0.25) is 0 Å². The zero-order chi connectivity index (χ0) is 20.4. The van der Waals surface area contributed by atoms with E-state index in [1.54, 1.807) is 14.2 Å². The van der Waals surface area contributed by atoms with Crippen molar-refractivity contribution in [2.75, 3.05) is 33.9 Å². The van der Waals surface area contributed by atoms with Gasteiger partial charge in [0.25, 0.3) is 5.91 Å². The Labute approximate surface area is 170 Å². The molecule has 1 N–H and O–H groups in total. The van der Waals surface area contributed by atoms with Crippen LogP contribution in [0.5, 0.6) is 11.5 Å². The molecule has 0 radical (unpaired) electrons. The molecule has 1 aliphatic rings. The van der Waals surface area contributed by atoms with E-state index in [2.05, 4.69) is 12.2 Å². The van der Waals surface area contributed by atoms with Crippen molar-refractivity contribution < 1.29 is 14.3 Å². The molecule has 29 heavy (non-hydrogen) atoms. The van der Waals surface area contributed by atoms with E-state index in [0.717, 1.165) is 35.2 Å². The number of benzene rings is 2. The van der Waals surface area contributed by atoms with Gasteiger partial charge < -0.3 is 19.7 Å². The predicted molar refractivity (Wildman–Crippen MR) is 114 cm³/mol. The number of amides is 1. The number of hydrogen-bond donors (Lipinski definition) is 1. The highest BCUT2D eigenvalue weighted by atomic mass is 16.5. The third-order valence-electron chi connectivity index (χ3n) is 5.39. The van der Waals surface area contributed by atoms with Crippen LogP contribution in [0.3, 0.4) is 0 Å². The Morgan fingerprint density at radius 1 is 1.10 bits per heavy atom. The van der Waals surface area contributed by atoms with E-state index in [-0.39, 0.29) is 11.9 Å². The second kappa shape index (κ2) is 8.09. The fourth-order valence-corrected chi connectivity index (χ4v) is 3.79. The number of piperazine rings is 1. The van der Waals surface area contributed by atoms with Gasteiger partial charge in [0, 0.05) is 36.6 Å². The number of fused-ring (bicyclic) bond motifs is 1. The average molecular weight is 391 g/mol. The number of rotatable bonds is 4. The quantitative estimate of drug-likeness (QED) is 0.739. The van der Waals surface area contributed by atoms with Crippen LogP contribution in [0.2, 0.25) is 0 Å². The Hall–Kier alpha value is -3.12. The van der Waals surface area contributed by atoms with E-state index in [0.29, 0.717) is 23.6 Å². The highest BCUT2D eigenvalue weighted by Crippen LogP contribution is 2.33.